The predicted octanol–water partition coefficient (Wildman–Crippen LogP) is 4.36. The zero-order chi connectivity index (χ0) is 13.8. The van der Waals surface area contributed by atoms with Crippen LogP contribution in [0.4, 0.5) is 11.4 Å². The van der Waals surface area contributed by atoms with Crippen LogP contribution in [0.2, 0.25) is 0 Å². The van der Waals surface area contributed by atoms with Crippen LogP contribution in [0.5, 0.6) is 0 Å². The van der Waals surface area contributed by atoms with Crippen molar-refractivity contribution in [3.8, 4) is 0 Å². The van der Waals surface area contributed by atoms with E-state index in [0.717, 1.165) is 11.3 Å². The zero-order valence-electron chi connectivity index (χ0n) is 11.7. The van der Waals surface area contributed by atoms with Crippen LogP contribution in [0.3, 0.4) is 0 Å². The first kappa shape index (κ1) is 13.3. The maximum absolute atomic E-state index is 11.6. The van der Waals surface area contributed by atoms with Crippen LogP contribution in [0.1, 0.15) is 29.3 Å². The van der Waals surface area contributed by atoms with E-state index < -0.39 is 0 Å². The minimum Gasteiger partial charge on any atom is -0.344 e. The number of hydrogen-bond donors (Lipinski definition) is 0. The first-order chi connectivity index (χ1) is 9.13. The Hall–Kier alpha value is -2.09. The van der Waals surface area contributed by atoms with E-state index in [2.05, 4.69) is 24.0 Å². The van der Waals surface area contributed by atoms with Crippen molar-refractivity contribution in [1.82, 2.24) is 0 Å². The average Bonchev–Trinajstić information content (AvgIpc) is 2.46. The molecule has 2 nitrogen and oxygen atoms in total. The SMILES string of the molecule is CCC(=O)c1ccc(N(C)c2ccccc2C)cc1. The van der Waals surface area contributed by atoms with Gasteiger partial charge in [-0.2, -0.15) is 0 Å². The highest BCUT2D eigenvalue weighted by Gasteiger charge is 2.07. The number of rotatable bonds is 4. The van der Waals surface area contributed by atoms with Crippen LogP contribution in [0.15, 0.2) is 48.5 Å². The van der Waals surface area contributed by atoms with Gasteiger partial charge in [-0.05, 0) is 42.8 Å². The van der Waals surface area contributed by atoms with Crippen LogP contribution in [-0.4, -0.2) is 12.8 Å². The Morgan fingerprint density at radius 3 is 2.26 bits per heavy atom. The molecule has 2 aromatic carbocycles. The summed E-state index contributed by atoms with van der Waals surface area (Å²) in [5.41, 5.74) is 4.28. The Labute approximate surface area is 114 Å². The van der Waals surface area contributed by atoms with Crippen LogP contribution < -0.4 is 4.90 Å². The molecule has 0 aliphatic rings. The molecule has 0 spiro atoms. The van der Waals surface area contributed by atoms with Gasteiger partial charge >= 0.3 is 0 Å². The highest BCUT2D eigenvalue weighted by Crippen LogP contribution is 2.26. The maximum Gasteiger partial charge on any atom is 0.162 e. The molecule has 0 aliphatic carbocycles. The number of aryl methyl sites for hydroxylation is 1. The summed E-state index contributed by atoms with van der Waals surface area (Å²) >= 11 is 0. The van der Waals surface area contributed by atoms with E-state index in [1.807, 2.05) is 50.4 Å². The summed E-state index contributed by atoms with van der Waals surface area (Å²) in [5, 5.41) is 0. The van der Waals surface area contributed by atoms with Crippen molar-refractivity contribution < 1.29 is 4.79 Å². The van der Waals surface area contributed by atoms with E-state index in [4.69, 9.17) is 0 Å². The smallest absolute Gasteiger partial charge is 0.162 e. The van der Waals surface area contributed by atoms with Crippen molar-refractivity contribution in [2.45, 2.75) is 20.3 Å². The van der Waals surface area contributed by atoms with Gasteiger partial charge in [0.2, 0.25) is 0 Å². The second kappa shape index (κ2) is 5.70. The molecule has 19 heavy (non-hydrogen) atoms. The van der Waals surface area contributed by atoms with Gasteiger partial charge in [0.05, 0.1) is 0 Å². The van der Waals surface area contributed by atoms with Crippen molar-refractivity contribution in [2.75, 3.05) is 11.9 Å². The van der Waals surface area contributed by atoms with E-state index >= 15 is 0 Å². The van der Waals surface area contributed by atoms with Crippen molar-refractivity contribution in [3.05, 3.63) is 59.7 Å². The van der Waals surface area contributed by atoms with Crippen LogP contribution >= 0.6 is 0 Å². The number of para-hydroxylation sites is 1. The van der Waals surface area contributed by atoms with Gasteiger partial charge < -0.3 is 4.90 Å². The van der Waals surface area contributed by atoms with E-state index in [1.165, 1.54) is 11.3 Å². The lowest BCUT2D eigenvalue weighted by atomic mass is 10.1. The van der Waals surface area contributed by atoms with E-state index in [-0.39, 0.29) is 5.78 Å². The number of Topliss-reactive ketones (excluding diaryl/α,β-unsaturated/α-hetero) is 1. The van der Waals surface area contributed by atoms with Gasteiger partial charge in [0.1, 0.15) is 0 Å². The molecule has 0 atom stereocenters. The van der Waals surface area contributed by atoms with E-state index in [0.29, 0.717) is 6.42 Å². The topological polar surface area (TPSA) is 20.3 Å². The minimum atomic E-state index is 0.185. The molecule has 2 rings (SSSR count). The predicted molar refractivity (Wildman–Crippen MR) is 80.3 cm³/mol. The summed E-state index contributed by atoms with van der Waals surface area (Å²) in [7, 11) is 2.04. The van der Waals surface area contributed by atoms with Gasteiger partial charge in [0, 0.05) is 30.4 Å². The molecule has 2 heteroatoms. The number of carbonyl (C=O) groups is 1. The Bertz CT molecular complexity index is 572. The molecule has 0 N–H and O–H groups in total. The van der Waals surface area contributed by atoms with Gasteiger partial charge in [0.25, 0.3) is 0 Å². The molecule has 0 aromatic heterocycles. The van der Waals surface area contributed by atoms with Crippen molar-refractivity contribution >= 4 is 17.2 Å². The Kier molecular flexibility index (Phi) is 4.00. The summed E-state index contributed by atoms with van der Waals surface area (Å²) in [6.45, 7) is 3.98. The molecule has 0 amide bonds. The van der Waals surface area contributed by atoms with Crippen LogP contribution in [-0.2, 0) is 0 Å². The average molecular weight is 253 g/mol. The lowest BCUT2D eigenvalue weighted by Gasteiger charge is -2.21. The monoisotopic (exact) mass is 253 g/mol. The fourth-order valence-electron chi connectivity index (χ4n) is 2.15. The van der Waals surface area contributed by atoms with Crippen molar-refractivity contribution in [3.63, 3.8) is 0 Å². The molecule has 0 fully saturated rings. The molecular weight excluding hydrogens is 234 g/mol. The number of anilines is 2. The molecule has 0 bridgehead atoms. The third-order valence-electron chi connectivity index (χ3n) is 3.37. The summed E-state index contributed by atoms with van der Waals surface area (Å²) < 4.78 is 0. The maximum atomic E-state index is 11.6. The van der Waals surface area contributed by atoms with E-state index in [9.17, 15) is 4.79 Å². The van der Waals surface area contributed by atoms with Crippen LogP contribution in [0.25, 0.3) is 0 Å². The quantitative estimate of drug-likeness (QED) is 0.755. The largest absolute Gasteiger partial charge is 0.344 e. The number of carbonyl (C=O) groups excluding carboxylic acids is 1. The lowest BCUT2D eigenvalue weighted by Crippen LogP contribution is -2.11. The van der Waals surface area contributed by atoms with Crippen molar-refractivity contribution in [1.29, 1.82) is 0 Å². The molecule has 0 radical (unpaired) electrons. The van der Waals surface area contributed by atoms with E-state index in [1.54, 1.807) is 0 Å². The third kappa shape index (κ3) is 2.84. The fourth-order valence-corrected chi connectivity index (χ4v) is 2.15. The Morgan fingerprint density at radius 2 is 1.68 bits per heavy atom. The fraction of sp³-hybridized carbons (Fsp3) is 0.235. The van der Waals surface area contributed by atoms with Gasteiger partial charge in [-0.3, -0.25) is 4.79 Å². The Morgan fingerprint density at radius 1 is 1.05 bits per heavy atom. The number of benzene rings is 2. The zero-order valence-corrected chi connectivity index (χ0v) is 11.7. The second-order valence-corrected chi connectivity index (χ2v) is 4.67. The highest BCUT2D eigenvalue weighted by molar-refractivity contribution is 5.96. The molecule has 0 heterocycles. The number of nitrogens with zero attached hydrogens (tertiary/aromatic N) is 1. The summed E-state index contributed by atoms with van der Waals surface area (Å²) in [5.74, 6) is 0.185. The van der Waals surface area contributed by atoms with Gasteiger partial charge in [-0.25, -0.2) is 0 Å². The normalized spacial score (nSPS) is 10.3. The number of hydrogen-bond acceptors (Lipinski definition) is 2. The lowest BCUT2D eigenvalue weighted by molar-refractivity contribution is 0.0988. The molecule has 0 saturated heterocycles. The summed E-state index contributed by atoms with van der Waals surface area (Å²) in [6, 6.07) is 16.1. The van der Waals surface area contributed by atoms with Gasteiger partial charge in [-0.1, -0.05) is 25.1 Å². The number of ketones is 1. The van der Waals surface area contributed by atoms with Gasteiger partial charge in [-0.15, -0.1) is 0 Å². The Balaban J connectivity index is 2.28. The first-order valence-electron chi connectivity index (χ1n) is 6.56. The molecule has 0 aliphatic heterocycles. The summed E-state index contributed by atoms with van der Waals surface area (Å²) in [6.07, 6.45) is 0.549. The minimum absolute atomic E-state index is 0.185. The highest BCUT2D eigenvalue weighted by atomic mass is 16.1. The van der Waals surface area contributed by atoms with Gasteiger partial charge in [0.15, 0.2) is 5.78 Å². The summed E-state index contributed by atoms with van der Waals surface area (Å²) in [4.78, 5) is 13.7. The van der Waals surface area contributed by atoms with Crippen molar-refractivity contribution in [2.24, 2.45) is 0 Å². The second-order valence-electron chi connectivity index (χ2n) is 4.67. The first-order valence-corrected chi connectivity index (χ1v) is 6.56. The molecular formula is C17H19NO. The standard InChI is InChI=1S/C17H19NO/c1-4-17(19)14-9-11-15(12-10-14)18(3)16-8-6-5-7-13(16)2/h5-12H,4H2,1-3H3. The molecule has 98 valence electrons. The molecule has 0 saturated carbocycles. The molecule has 2 aromatic rings. The third-order valence-corrected chi connectivity index (χ3v) is 3.37. The molecule has 0 unspecified atom stereocenters. The van der Waals surface area contributed by atoms with Crippen LogP contribution in [0, 0.1) is 6.92 Å².